The van der Waals surface area contributed by atoms with Gasteiger partial charge in [-0.05, 0) is 36.5 Å². The molecule has 19 heavy (non-hydrogen) atoms. The summed E-state index contributed by atoms with van der Waals surface area (Å²) in [6.45, 7) is 9.57. The summed E-state index contributed by atoms with van der Waals surface area (Å²) < 4.78 is 0. The quantitative estimate of drug-likeness (QED) is 0.827. The zero-order valence-corrected chi connectivity index (χ0v) is 12.1. The van der Waals surface area contributed by atoms with Gasteiger partial charge < -0.3 is 0 Å². The van der Waals surface area contributed by atoms with Gasteiger partial charge in [-0.2, -0.15) is 0 Å². The summed E-state index contributed by atoms with van der Waals surface area (Å²) in [5.74, 6) is 0.785. The second kappa shape index (κ2) is 5.59. The Balaban J connectivity index is 1.62. The van der Waals surface area contributed by atoms with E-state index in [2.05, 4.69) is 40.8 Å². The predicted octanol–water partition coefficient (Wildman–Crippen LogP) is 2.39. The highest BCUT2D eigenvalue weighted by molar-refractivity contribution is 5.11. The molecule has 3 rings (SSSR count). The molecule has 0 radical (unpaired) electrons. The highest BCUT2D eigenvalue weighted by Crippen LogP contribution is 2.32. The van der Waals surface area contributed by atoms with Crippen molar-refractivity contribution in [2.45, 2.75) is 45.3 Å². The van der Waals surface area contributed by atoms with Crippen LogP contribution in [0.4, 0.5) is 0 Å². The van der Waals surface area contributed by atoms with Crippen molar-refractivity contribution in [3.63, 3.8) is 0 Å². The number of aromatic nitrogens is 1. The Kier molecular flexibility index (Phi) is 3.85. The minimum absolute atomic E-state index is 0.784. The molecular formula is C16H25N3. The number of hydrogen-bond donors (Lipinski definition) is 0. The molecule has 0 aromatic carbocycles. The fourth-order valence-corrected chi connectivity index (χ4v) is 3.78. The molecule has 2 aliphatic rings. The monoisotopic (exact) mass is 259 g/mol. The summed E-state index contributed by atoms with van der Waals surface area (Å²) in [7, 11) is 0. The van der Waals surface area contributed by atoms with Gasteiger partial charge in [-0.15, -0.1) is 0 Å². The molecule has 2 aliphatic heterocycles. The molecule has 2 saturated heterocycles. The first kappa shape index (κ1) is 13.1. The van der Waals surface area contributed by atoms with Crippen molar-refractivity contribution in [2.75, 3.05) is 19.6 Å². The van der Waals surface area contributed by atoms with Crippen LogP contribution in [0.2, 0.25) is 0 Å². The van der Waals surface area contributed by atoms with Crippen molar-refractivity contribution in [3.8, 4) is 0 Å². The minimum atomic E-state index is 0.784. The topological polar surface area (TPSA) is 19.4 Å². The van der Waals surface area contributed by atoms with E-state index in [0.29, 0.717) is 0 Å². The molecule has 0 unspecified atom stereocenters. The Morgan fingerprint density at radius 3 is 2.42 bits per heavy atom. The number of likely N-dealkylation sites (tertiary alicyclic amines) is 2. The second-order valence-corrected chi connectivity index (χ2v) is 6.43. The van der Waals surface area contributed by atoms with Gasteiger partial charge in [0.2, 0.25) is 0 Å². The van der Waals surface area contributed by atoms with Crippen LogP contribution in [0.15, 0.2) is 24.5 Å². The molecule has 3 nitrogen and oxygen atoms in total. The maximum absolute atomic E-state index is 4.10. The molecule has 1 aromatic heterocycles. The molecule has 0 aliphatic carbocycles. The fourth-order valence-electron chi connectivity index (χ4n) is 3.78. The molecule has 3 heteroatoms. The van der Waals surface area contributed by atoms with Crippen LogP contribution >= 0.6 is 0 Å². The zero-order valence-electron chi connectivity index (χ0n) is 12.1. The molecule has 2 fully saturated rings. The van der Waals surface area contributed by atoms with E-state index in [1.54, 1.807) is 0 Å². The first-order valence-electron chi connectivity index (χ1n) is 7.61. The Morgan fingerprint density at radius 2 is 1.74 bits per heavy atom. The number of rotatable bonds is 4. The molecular weight excluding hydrogens is 234 g/mol. The SMILES string of the molecule is CC(C)CN1CC[C@@H]2[C@@H]1CCN2Cc1ccncc1. The Hall–Kier alpha value is -0.930. The van der Waals surface area contributed by atoms with E-state index in [-0.39, 0.29) is 0 Å². The summed E-state index contributed by atoms with van der Waals surface area (Å²) in [5, 5.41) is 0. The van der Waals surface area contributed by atoms with E-state index in [9.17, 15) is 0 Å². The summed E-state index contributed by atoms with van der Waals surface area (Å²) >= 11 is 0. The van der Waals surface area contributed by atoms with Gasteiger partial charge in [-0.25, -0.2) is 0 Å². The normalized spacial score (nSPS) is 28.2. The van der Waals surface area contributed by atoms with Crippen LogP contribution in [0.5, 0.6) is 0 Å². The highest BCUT2D eigenvalue weighted by Gasteiger charge is 2.41. The van der Waals surface area contributed by atoms with E-state index in [1.165, 1.54) is 38.0 Å². The van der Waals surface area contributed by atoms with Crippen molar-refractivity contribution in [3.05, 3.63) is 30.1 Å². The number of nitrogens with zero attached hydrogens (tertiary/aromatic N) is 3. The van der Waals surface area contributed by atoms with Crippen molar-refractivity contribution in [1.29, 1.82) is 0 Å². The fraction of sp³-hybridized carbons (Fsp3) is 0.688. The van der Waals surface area contributed by atoms with Crippen molar-refractivity contribution < 1.29 is 0 Å². The van der Waals surface area contributed by atoms with Gasteiger partial charge >= 0.3 is 0 Å². The van der Waals surface area contributed by atoms with E-state index in [0.717, 1.165) is 24.5 Å². The van der Waals surface area contributed by atoms with Crippen LogP contribution in [-0.2, 0) is 6.54 Å². The molecule has 104 valence electrons. The minimum Gasteiger partial charge on any atom is -0.298 e. The molecule has 0 bridgehead atoms. The summed E-state index contributed by atoms with van der Waals surface area (Å²) in [6, 6.07) is 5.89. The first-order chi connectivity index (χ1) is 9.24. The van der Waals surface area contributed by atoms with E-state index < -0.39 is 0 Å². The third-order valence-electron chi connectivity index (χ3n) is 4.54. The molecule has 0 spiro atoms. The van der Waals surface area contributed by atoms with Crippen LogP contribution in [-0.4, -0.2) is 46.5 Å². The lowest BCUT2D eigenvalue weighted by molar-refractivity contribution is 0.203. The van der Waals surface area contributed by atoms with Crippen LogP contribution < -0.4 is 0 Å². The van der Waals surface area contributed by atoms with Gasteiger partial charge in [0.1, 0.15) is 0 Å². The maximum atomic E-state index is 4.10. The lowest BCUT2D eigenvalue weighted by atomic mass is 10.1. The van der Waals surface area contributed by atoms with Crippen molar-refractivity contribution in [2.24, 2.45) is 5.92 Å². The van der Waals surface area contributed by atoms with Gasteiger partial charge in [-0.1, -0.05) is 13.8 Å². The van der Waals surface area contributed by atoms with Crippen LogP contribution in [0.25, 0.3) is 0 Å². The third-order valence-corrected chi connectivity index (χ3v) is 4.54. The lowest BCUT2D eigenvalue weighted by Gasteiger charge is -2.26. The third kappa shape index (κ3) is 2.82. The molecule has 3 heterocycles. The molecule has 1 aromatic rings. The molecule has 2 atom stereocenters. The van der Waals surface area contributed by atoms with E-state index in [4.69, 9.17) is 0 Å². The summed E-state index contributed by atoms with van der Waals surface area (Å²) in [5.41, 5.74) is 1.40. The maximum Gasteiger partial charge on any atom is 0.0271 e. The van der Waals surface area contributed by atoms with Gasteiger partial charge in [0.25, 0.3) is 0 Å². The number of pyridine rings is 1. The van der Waals surface area contributed by atoms with Gasteiger partial charge in [0, 0.05) is 50.7 Å². The number of hydrogen-bond acceptors (Lipinski definition) is 3. The number of fused-ring (bicyclic) bond motifs is 1. The largest absolute Gasteiger partial charge is 0.298 e. The summed E-state index contributed by atoms with van der Waals surface area (Å²) in [6.07, 6.45) is 6.51. The van der Waals surface area contributed by atoms with E-state index >= 15 is 0 Å². The highest BCUT2D eigenvalue weighted by atomic mass is 15.3. The van der Waals surface area contributed by atoms with Gasteiger partial charge in [0.05, 0.1) is 0 Å². The molecule has 0 amide bonds. The average molecular weight is 259 g/mol. The lowest BCUT2D eigenvalue weighted by Crippen LogP contribution is -2.37. The summed E-state index contributed by atoms with van der Waals surface area (Å²) in [4.78, 5) is 9.51. The van der Waals surface area contributed by atoms with E-state index in [1.807, 2.05) is 12.4 Å². The Bertz CT molecular complexity index is 404. The standard InChI is InChI=1S/C16H25N3/c1-13(2)11-18-9-5-16-15(18)6-10-19(16)12-14-3-7-17-8-4-14/h3-4,7-8,13,15-16H,5-6,9-12H2,1-2H3/t15-,16+/m0/s1. The van der Waals surface area contributed by atoms with Gasteiger partial charge in [-0.3, -0.25) is 14.8 Å². The smallest absolute Gasteiger partial charge is 0.0271 e. The van der Waals surface area contributed by atoms with Crippen molar-refractivity contribution in [1.82, 2.24) is 14.8 Å². The molecule has 0 N–H and O–H groups in total. The Morgan fingerprint density at radius 1 is 1.11 bits per heavy atom. The van der Waals surface area contributed by atoms with Crippen LogP contribution in [0.1, 0.15) is 32.3 Å². The molecule has 0 saturated carbocycles. The van der Waals surface area contributed by atoms with Crippen molar-refractivity contribution >= 4 is 0 Å². The second-order valence-electron chi connectivity index (χ2n) is 6.43. The first-order valence-corrected chi connectivity index (χ1v) is 7.61. The predicted molar refractivity (Wildman–Crippen MR) is 77.9 cm³/mol. The Labute approximate surface area is 116 Å². The van der Waals surface area contributed by atoms with Crippen LogP contribution in [0.3, 0.4) is 0 Å². The zero-order chi connectivity index (χ0) is 13.2. The average Bonchev–Trinajstić information content (AvgIpc) is 2.95. The van der Waals surface area contributed by atoms with Crippen LogP contribution in [0, 0.1) is 5.92 Å². The van der Waals surface area contributed by atoms with Gasteiger partial charge in [0.15, 0.2) is 0 Å².